The van der Waals surface area contributed by atoms with Crippen LogP contribution in [0, 0.1) is 18.8 Å². The molecule has 5 nitrogen and oxygen atoms in total. The van der Waals surface area contributed by atoms with Crippen LogP contribution in [0.4, 0.5) is 0 Å². The van der Waals surface area contributed by atoms with E-state index in [1.165, 1.54) is 26.2 Å². The van der Waals surface area contributed by atoms with Crippen molar-refractivity contribution in [1.82, 2.24) is 4.72 Å². The van der Waals surface area contributed by atoms with Gasteiger partial charge in [-0.05, 0) is 50.2 Å². The summed E-state index contributed by atoms with van der Waals surface area (Å²) in [4.78, 5) is 11.4. The van der Waals surface area contributed by atoms with Crippen LogP contribution in [0.2, 0.25) is 0 Å². The van der Waals surface area contributed by atoms with Crippen LogP contribution in [0.5, 0.6) is 0 Å². The highest BCUT2D eigenvalue weighted by Crippen LogP contribution is 2.11. The van der Waals surface area contributed by atoms with Crippen LogP contribution in [0.3, 0.4) is 0 Å². The molecule has 0 amide bonds. The normalized spacial score (nSPS) is 12.0. The number of nitrogens with one attached hydrogen (secondary N) is 1. The second-order valence-electron chi connectivity index (χ2n) is 5.51. The minimum absolute atomic E-state index is 0.0594. The highest BCUT2D eigenvalue weighted by atomic mass is 32.2. The maximum absolute atomic E-state index is 12.2. The molecule has 2 aromatic rings. The van der Waals surface area contributed by atoms with E-state index in [0.29, 0.717) is 5.56 Å². The first kappa shape index (κ1) is 18.7. The van der Waals surface area contributed by atoms with Gasteiger partial charge in [-0.2, -0.15) is 4.72 Å². The van der Waals surface area contributed by atoms with Gasteiger partial charge in [0.25, 0.3) is 0 Å². The van der Waals surface area contributed by atoms with Gasteiger partial charge in [0, 0.05) is 11.1 Å². The van der Waals surface area contributed by atoms with Crippen molar-refractivity contribution < 1.29 is 17.9 Å². The molecule has 0 radical (unpaired) electrons. The summed E-state index contributed by atoms with van der Waals surface area (Å²) in [5.74, 6) is 5.36. The Bertz CT molecular complexity index is 905. The first-order valence-corrected chi connectivity index (χ1v) is 9.09. The lowest BCUT2D eigenvalue weighted by Gasteiger charge is -2.12. The van der Waals surface area contributed by atoms with Crippen molar-refractivity contribution in [1.29, 1.82) is 0 Å². The van der Waals surface area contributed by atoms with Crippen LogP contribution in [-0.2, 0) is 19.6 Å². The largest absolute Gasteiger partial charge is 0.468 e. The molecule has 1 N–H and O–H groups in total. The quantitative estimate of drug-likeness (QED) is 0.673. The standard InChI is InChI=1S/C19H19NO4S/c1-14-4-6-16(7-5-14)8-9-17-10-12-18(13-11-17)25(22,23)20-15(2)19(21)24-3/h4-7,10-13,15,20H,1-3H3/t15-/m1/s1. The monoisotopic (exact) mass is 357 g/mol. The fourth-order valence-electron chi connectivity index (χ4n) is 2.02. The van der Waals surface area contributed by atoms with E-state index in [0.717, 1.165) is 11.1 Å². The third kappa shape index (κ3) is 5.18. The molecule has 0 fully saturated rings. The van der Waals surface area contributed by atoms with E-state index >= 15 is 0 Å². The number of esters is 1. The van der Waals surface area contributed by atoms with Gasteiger partial charge in [-0.15, -0.1) is 0 Å². The predicted octanol–water partition coefficient (Wildman–Crippen LogP) is 2.23. The zero-order valence-corrected chi connectivity index (χ0v) is 15.1. The summed E-state index contributed by atoms with van der Waals surface area (Å²) in [6.07, 6.45) is 0. The van der Waals surface area contributed by atoms with Crippen LogP contribution >= 0.6 is 0 Å². The van der Waals surface area contributed by atoms with Crippen molar-refractivity contribution in [3.63, 3.8) is 0 Å². The van der Waals surface area contributed by atoms with Gasteiger partial charge >= 0.3 is 5.97 Å². The number of rotatable bonds is 4. The van der Waals surface area contributed by atoms with E-state index in [1.54, 1.807) is 12.1 Å². The molecule has 2 aromatic carbocycles. The van der Waals surface area contributed by atoms with Crippen molar-refractivity contribution in [2.75, 3.05) is 7.11 Å². The topological polar surface area (TPSA) is 72.5 Å². The summed E-state index contributed by atoms with van der Waals surface area (Å²) in [5, 5.41) is 0. The Morgan fingerprint density at radius 1 is 1.00 bits per heavy atom. The van der Waals surface area contributed by atoms with E-state index in [9.17, 15) is 13.2 Å². The minimum Gasteiger partial charge on any atom is -0.468 e. The molecule has 0 aliphatic heterocycles. The first-order valence-electron chi connectivity index (χ1n) is 7.61. The summed E-state index contributed by atoms with van der Waals surface area (Å²) >= 11 is 0. The molecule has 0 saturated heterocycles. The molecule has 0 unspecified atom stereocenters. The molecule has 0 spiro atoms. The lowest BCUT2D eigenvalue weighted by atomic mass is 10.1. The summed E-state index contributed by atoms with van der Waals surface area (Å²) in [7, 11) is -2.60. The number of ether oxygens (including phenoxy) is 1. The number of aryl methyl sites for hydroxylation is 1. The maximum Gasteiger partial charge on any atom is 0.323 e. The third-order valence-corrected chi connectivity index (χ3v) is 5.01. The van der Waals surface area contributed by atoms with Gasteiger partial charge in [0.05, 0.1) is 12.0 Å². The zero-order valence-electron chi connectivity index (χ0n) is 14.2. The molecular weight excluding hydrogens is 338 g/mol. The Kier molecular flexibility index (Phi) is 5.97. The molecular formula is C19H19NO4S. The molecule has 0 heterocycles. The van der Waals surface area contributed by atoms with Crippen molar-refractivity contribution in [3.05, 3.63) is 65.2 Å². The predicted molar refractivity (Wildman–Crippen MR) is 95.4 cm³/mol. The van der Waals surface area contributed by atoms with Crippen molar-refractivity contribution >= 4 is 16.0 Å². The molecule has 0 bridgehead atoms. The van der Waals surface area contributed by atoms with E-state index in [2.05, 4.69) is 21.3 Å². The van der Waals surface area contributed by atoms with Crippen molar-refractivity contribution in [3.8, 4) is 11.8 Å². The van der Waals surface area contributed by atoms with E-state index < -0.39 is 22.0 Å². The molecule has 1 atom stereocenters. The van der Waals surface area contributed by atoms with Gasteiger partial charge in [0.1, 0.15) is 6.04 Å². The lowest BCUT2D eigenvalue weighted by Crippen LogP contribution is -2.39. The molecule has 0 aromatic heterocycles. The number of carbonyl (C=O) groups is 1. The Hall–Kier alpha value is -2.62. The molecule has 0 aliphatic carbocycles. The van der Waals surface area contributed by atoms with E-state index in [4.69, 9.17) is 0 Å². The molecule has 0 saturated carbocycles. The summed E-state index contributed by atoms with van der Waals surface area (Å²) < 4.78 is 31.2. The second-order valence-corrected chi connectivity index (χ2v) is 7.22. The zero-order chi connectivity index (χ0) is 18.4. The van der Waals surface area contributed by atoms with E-state index in [-0.39, 0.29) is 4.90 Å². The van der Waals surface area contributed by atoms with Gasteiger partial charge in [0.2, 0.25) is 10.0 Å². The molecule has 6 heteroatoms. The fourth-order valence-corrected chi connectivity index (χ4v) is 3.22. The molecule has 2 rings (SSSR count). The Morgan fingerprint density at radius 2 is 1.48 bits per heavy atom. The van der Waals surface area contributed by atoms with Gasteiger partial charge in [-0.1, -0.05) is 29.5 Å². The summed E-state index contributed by atoms with van der Waals surface area (Å²) in [5.41, 5.74) is 2.74. The van der Waals surface area contributed by atoms with Gasteiger partial charge < -0.3 is 4.74 Å². The van der Waals surface area contributed by atoms with Crippen LogP contribution < -0.4 is 4.72 Å². The first-order chi connectivity index (χ1) is 11.8. The molecule has 130 valence electrons. The average molecular weight is 357 g/mol. The molecule has 25 heavy (non-hydrogen) atoms. The second kappa shape index (κ2) is 7.97. The lowest BCUT2D eigenvalue weighted by molar-refractivity contribution is -0.142. The van der Waals surface area contributed by atoms with Gasteiger partial charge in [-0.3, -0.25) is 4.79 Å². The number of methoxy groups -OCH3 is 1. The number of hydrogen-bond donors (Lipinski definition) is 1. The van der Waals surface area contributed by atoms with Crippen LogP contribution in [0.1, 0.15) is 23.6 Å². The highest BCUT2D eigenvalue weighted by molar-refractivity contribution is 7.89. The van der Waals surface area contributed by atoms with E-state index in [1.807, 2.05) is 31.2 Å². The Morgan fingerprint density at radius 3 is 1.96 bits per heavy atom. The Balaban J connectivity index is 2.14. The summed E-state index contributed by atoms with van der Waals surface area (Å²) in [6.45, 7) is 3.43. The number of hydrogen-bond acceptors (Lipinski definition) is 4. The van der Waals surface area contributed by atoms with Gasteiger partial charge in [0.15, 0.2) is 0 Å². The Labute approximate surface area is 148 Å². The SMILES string of the molecule is COC(=O)[C@@H](C)NS(=O)(=O)c1ccc(C#Cc2ccc(C)cc2)cc1. The van der Waals surface area contributed by atoms with Crippen molar-refractivity contribution in [2.45, 2.75) is 24.8 Å². The third-order valence-electron chi connectivity index (χ3n) is 3.45. The molecule has 0 aliphatic rings. The highest BCUT2D eigenvalue weighted by Gasteiger charge is 2.22. The number of sulfonamides is 1. The van der Waals surface area contributed by atoms with Crippen LogP contribution in [-0.4, -0.2) is 27.5 Å². The number of carbonyl (C=O) groups excluding carboxylic acids is 1. The summed E-state index contributed by atoms with van der Waals surface area (Å²) in [6, 6.07) is 13.0. The van der Waals surface area contributed by atoms with Crippen LogP contribution in [0.15, 0.2) is 53.4 Å². The maximum atomic E-state index is 12.2. The fraction of sp³-hybridized carbons (Fsp3) is 0.211. The van der Waals surface area contributed by atoms with Gasteiger partial charge in [-0.25, -0.2) is 8.42 Å². The van der Waals surface area contributed by atoms with Crippen LogP contribution in [0.25, 0.3) is 0 Å². The number of benzene rings is 2. The van der Waals surface area contributed by atoms with Crippen molar-refractivity contribution in [2.24, 2.45) is 0 Å². The average Bonchev–Trinajstić information content (AvgIpc) is 2.60. The smallest absolute Gasteiger partial charge is 0.323 e. The minimum atomic E-state index is -3.80.